The molecule has 0 saturated heterocycles. The third-order valence-electron chi connectivity index (χ3n) is 3.08. The lowest BCUT2D eigenvalue weighted by Gasteiger charge is -2.24. The smallest absolute Gasteiger partial charge is 0.119 e. The van der Waals surface area contributed by atoms with Crippen LogP contribution in [-0.2, 0) is 11.8 Å². The summed E-state index contributed by atoms with van der Waals surface area (Å²) in [5.74, 6) is 1.33. The fraction of sp³-hybridized carbons (Fsp3) is 0.571. The van der Waals surface area contributed by atoms with Gasteiger partial charge >= 0.3 is 0 Å². The van der Waals surface area contributed by atoms with E-state index in [4.69, 9.17) is 0 Å². The van der Waals surface area contributed by atoms with Gasteiger partial charge in [0.1, 0.15) is 5.75 Å². The number of benzene rings is 1. The molecule has 1 nitrogen and oxygen atoms in total. The van der Waals surface area contributed by atoms with Gasteiger partial charge in [0.05, 0.1) is 0 Å². The maximum Gasteiger partial charge on any atom is 0.119 e. The Morgan fingerprint density at radius 1 is 1.27 bits per heavy atom. The first kappa shape index (κ1) is 10.5. The lowest BCUT2D eigenvalue weighted by Crippen LogP contribution is -2.14. The molecule has 0 radical (unpaired) electrons. The summed E-state index contributed by atoms with van der Waals surface area (Å²) in [7, 11) is 0. The van der Waals surface area contributed by atoms with E-state index in [9.17, 15) is 5.11 Å². The molecule has 1 aliphatic rings. The van der Waals surface area contributed by atoms with Crippen LogP contribution in [0.3, 0.4) is 0 Å². The summed E-state index contributed by atoms with van der Waals surface area (Å²) in [5.41, 5.74) is 2.51. The first-order chi connectivity index (χ1) is 6.98. The van der Waals surface area contributed by atoms with Crippen LogP contribution in [0.4, 0.5) is 0 Å². The highest BCUT2D eigenvalue weighted by molar-refractivity contribution is 5.44. The number of phenolic OH excluding ortho intramolecular Hbond substituents is 1. The molecule has 2 rings (SSSR count). The molecule has 0 bridgehead atoms. The van der Waals surface area contributed by atoms with Crippen LogP contribution in [0.25, 0.3) is 0 Å². The van der Waals surface area contributed by atoms with Crippen molar-refractivity contribution in [3.8, 4) is 5.75 Å². The number of rotatable bonds is 2. The fourth-order valence-corrected chi connectivity index (χ4v) is 2.26. The van der Waals surface area contributed by atoms with E-state index in [1.807, 2.05) is 6.07 Å². The van der Waals surface area contributed by atoms with Crippen LogP contribution in [-0.4, -0.2) is 5.11 Å². The SMILES string of the molecule is CC(C)(C)c1c(O)cccc1CC1CC1. The Hall–Kier alpha value is -0.980. The molecule has 1 heteroatoms. The Morgan fingerprint density at radius 2 is 1.93 bits per heavy atom. The molecule has 0 unspecified atom stereocenters. The molecule has 0 atom stereocenters. The van der Waals surface area contributed by atoms with E-state index in [0.29, 0.717) is 5.75 Å². The second kappa shape index (κ2) is 3.55. The van der Waals surface area contributed by atoms with Crippen molar-refractivity contribution in [3.63, 3.8) is 0 Å². The number of aromatic hydroxyl groups is 1. The van der Waals surface area contributed by atoms with Crippen molar-refractivity contribution in [2.75, 3.05) is 0 Å². The van der Waals surface area contributed by atoms with Crippen molar-refractivity contribution in [1.82, 2.24) is 0 Å². The van der Waals surface area contributed by atoms with Crippen molar-refractivity contribution in [2.24, 2.45) is 5.92 Å². The number of hydrogen-bond acceptors (Lipinski definition) is 1. The molecule has 0 aromatic heterocycles. The Kier molecular flexibility index (Phi) is 2.49. The standard InChI is InChI=1S/C14H20O/c1-14(2,3)13-11(9-10-7-8-10)5-4-6-12(13)15/h4-6,10,15H,7-9H2,1-3H3. The van der Waals surface area contributed by atoms with Gasteiger partial charge < -0.3 is 5.11 Å². The van der Waals surface area contributed by atoms with Crippen LogP contribution in [0.2, 0.25) is 0 Å². The van der Waals surface area contributed by atoms with Crippen LogP contribution in [0.1, 0.15) is 44.7 Å². The predicted molar refractivity (Wildman–Crippen MR) is 63.2 cm³/mol. The van der Waals surface area contributed by atoms with Crippen molar-refractivity contribution in [3.05, 3.63) is 29.3 Å². The zero-order valence-corrected chi connectivity index (χ0v) is 9.88. The van der Waals surface area contributed by atoms with Gasteiger partial charge in [-0.2, -0.15) is 0 Å². The molecule has 0 heterocycles. The van der Waals surface area contributed by atoms with Gasteiger partial charge in [-0.15, -0.1) is 0 Å². The zero-order chi connectivity index (χ0) is 11.1. The quantitative estimate of drug-likeness (QED) is 0.779. The first-order valence-electron chi connectivity index (χ1n) is 5.80. The highest BCUT2D eigenvalue weighted by Crippen LogP contribution is 2.39. The largest absolute Gasteiger partial charge is 0.508 e. The Morgan fingerprint density at radius 3 is 2.47 bits per heavy atom. The van der Waals surface area contributed by atoms with E-state index in [0.717, 1.165) is 17.9 Å². The van der Waals surface area contributed by atoms with Crippen molar-refractivity contribution < 1.29 is 5.11 Å². The summed E-state index contributed by atoms with van der Waals surface area (Å²) in [6, 6.07) is 5.93. The molecule has 0 amide bonds. The van der Waals surface area contributed by atoms with Crippen molar-refractivity contribution >= 4 is 0 Å². The Balaban J connectivity index is 2.38. The summed E-state index contributed by atoms with van der Waals surface area (Å²) < 4.78 is 0. The van der Waals surface area contributed by atoms with Gasteiger partial charge in [-0.3, -0.25) is 0 Å². The highest BCUT2D eigenvalue weighted by Gasteiger charge is 2.27. The molecule has 1 N–H and O–H groups in total. The van der Waals surface area contributed by atoms with E-state index < -0.39 is 0 Å². The van der Waals surface area contributed by atoms with E-state index >= 15 is 0 Å². The predicted octanol–water partition coefficient (Wildman–Crippen LogP) is 3.64. The molecule has 1 aromatic rings. The second-order valence-electron chi connectivity index (χ2n) is 5.71. The topological polar surface area (TPSA) is 20.2 Å². The lowest BCUT2D eigenvalue weighted by atomic mass is 9.82. The molecule has 1 aromatic carbocycles. The van der Waals surface area contributed by atoms with Gasteiger partial charge in [-0.25, -0.2) is 0 Å². The van der Waals surface area contributed by atoms with Gasteiger partial charge in [-0.1, -0.05) is 32.9 Å². The number of phenols is 1. The van der Waals surface area contributed by atoms with E-state index in [1.54, 1.807) is 6.07 Å². The molecule has 1 saturated carbocycles. The molecule has 1 fully saturated rings. The molecular weight excluding hydrogens is 184 g/mol. The molecule has 15 heavy (non-hydrogen) atoms. The van der Waals surface area contributed by atoms with Crippen LogP contribution in [0.15, 0.2) is 18.2 Å². The van der Waals surface area contributed by atoms with E-state index in [-0.39, 0.29) is 5.41 Å². The monoisotopic (exact) mass is 204 g/mol. The first-order valence-corrected chi connectivity index (χ1v) is 5.80. The number of hydrogen-bond donors (Lipinski definition) is 1. The summed E-state index contributed by atoms with van der Waals surface area (Å²) >= 11 is 0. The highest BCUT2D eigenvalue weighted by atomic mass is 16.3. The van der Waals surface area contributed by atoms with Gasteiger partial charge in [0, 0.05) is 5.56 Å². The maximum atomic E-state index is 9.96. The summed E-state index contributed by atoms with van der Waals surface area (Å²) in [6.07, 6.45) is 3.86. The van der Waals surface area contributed by atoms with Gasteiger partial charge in [0.2, 0.25) is 0 Å². The minimum atomic E-state index is 0.0373. The summed E-state index contributed by atoms with van der Waals surface area (Å²) in [6.45, 7) is 6.50. The van der Waals surface area contributed by atoms with Crippen LogP contribution in [0, 0.1) is 5.92 Å². The maximum absolute atomic E-state index is 9.96. The molecular formula is C14H20O. The average molecular weight is 204 g/mol. The molecule has 1 aliphatic carbocycles. The van der Waals surface area contributed by atoms with E-state index in [1.165, 1.54) is 18.4 Å². The second-order valence-corrected chi connectivity index (χ2v) is 5.71. The summed E-state index contributed by atoms with van der Waals surface area (Å²) in [4.78, 5) is 0. The minimum absolute atomic E-state index is 0.0373. The van der Waals surface area contributed by atoms with Gasteiger partial charge in [0.15, 0.2) is 0 Å². The zero-order valence-electron chi connectivity index (χ0n) is 9.88. The van der Waals surface area contributed by atoms with E-state index in [2.05, 4.69) is 26.8 Å². The summed E-state index contributed by atoms with van der Waals surface area (Å²) in [5, 5.41) is 9.96. The normalized spacial score (nSPS) is 16.7. The third-order valence-corrected chi connectivity index (χ3v) is 3.08. The molecule has 0 aliphatic heterocycles. The third kappa shape index (κ3) is 2.34. The fourth-order valence-electron chi connectivity index (χ4n) is 2.26. The van der Waals surface area contributed by atoms with Gasteiger partial charge in [-0.05, 0) is 42.2 Å². The Labute approximate surface area is 92.1 Å². The van der Waals surface area contributed by atoms with Crippen LogP contribution >= 0.6 is 0 Å². The Bertz CT molecular complexity index is 356. The average Bonchev–Trinajstić information content (AvgIpc) is 2.85. The van der Waals surface area contributed by atoms with Gasteiger partial charge in [0.25, 0.3) is 0 Å². The molecule has 0 spiro atoms. The van der Waals surface area contributed by atoms with Crippen molar-refractivity contribution in [1.29, 1.82) is 0 Å². The van der Waals surface area contributed by atoms with Crippen LogP contribution in [0.5, 0.6) is 5.75 Å². The molecule has 82 valence electrons. The van der Waals surface area contributed by atoms with Crippen LogP contribution < -0.4 is 0 Å². The lowest BCUT2D eigenvalue weighted by molar-refractivity contribution is 0.443. The minimum Gasteiger partial charge on any atom is -0.508 e. The van der Waals surface area contributed by atoms with Crippen molar-refractivity contribution in [2.45, 2.75) is 45.4 Å².